The van der Waals surface area contributed by atoms with Crippen molar-refractivity contribution in [2.45, 2.75) is 26.3 Å². The fraction of sp³-hybridized carbons (Fsp3) is 0.571. The van der Waals surface area contributed by atoms with E-state index in [4.69, 9.17) is 14.3 Å². The summed E-state index contributed by atoms with van der Waals surface area (Å²) in [5, 5.41) is 8.97. The smallest absolute Gasteiger partial charge is 0.339 e. The topological polar surface area (TPSA) is 80.0 Å². The lowest BCUT2D eigenvalue weighted by atomic mass is 10.0. The first kappa shape index (κ1) is 14.6. The van der Waals surface area contributed by atoms with E-state index >= 15 is 0 Å². The average molecular weight is 281 g/mol. The molecular weight excluding hydrogens is 262 g/mol. The summed E-state index contributed by atoms with van der Waals surface area (Å²) in [6.07, 6.45) is 1.73. The van der Waals surface area contributed by atoms with Crippen molar-refractivity contribution in [1.29, 1.82) is 0 Å². The fourth-order valence-electron chi connectivity index (χ4n) is 2.39. The van der Waals surface area contributed by atoms with Crippen LogP contribution < -0.4 is 0 Å². The fourth-order valence-corrected chi connectivity index (χ4v) is 2.39. The molecule has 1 unspecified atom stereocenters. The normalized spacial score (nSPS) is 18.8. The van der Waals surface area contributed by atoms with Crippen LogP contribution in [-0.2, 0) is 16.1 Å². The standard InChI is InChI=1S/C14H19NO5/c1-9-12(14(17)18)6-11(20-9)7-15(2)13(16)10-4-3-5-19-8-10/h6,10H,3-5,7-8H2,1-2H3,(H,17,18). The Kier molecular flexibility index (Phi) is 4.44. The lowest BCUT2D eigenvalue weighted by Gasteiger charge is -2.25. The Morgan fingerprint density at radius 3 is 2.80 bits per heavy atom. The Hall–Kier alpha value is -1.82. The molecule has 1 N–H and O–H groups in total. The number of carbonyl (C=O) groups is 2. The molecule has 1 aromatic heterocycles. The van der Waals surface area contributed by atoms with Crippen LogP contribution in [0.2, 0.25) is 0 Å². The number of ether oxygens (including phenoxy) is 1. The van der Waals surface area contributed by atoms with Crippen molar-refractivity contribution in [3.05, 3.63) is 23.2 Å². The van der Waals surface area contributed by atoms with Gasteiger partial charge in [-0.3, -0.25) is 4.79 Å². The molecule has 6 nitrogen and oxygen atoms in total. The first-order chi connectivity index (χ1) is 9.49. The van der Waals surface area contributed by atoms with Gasteiger partial charge in [0.2, 0.25) is 5.91 Å². The summed E-state index contributed by atoms with van der Waals surface area (Å²) in [7, 11) is 1.69. The van der Waals surface area contributed by atoms with E-state index in [2.05, 4.69) is 0 Å². The highest BCUT2D eigenvalue weighted by Crippen LogP contribution is 2.19. The molecule has 1 aliphatic heterocycles. The molecule has 2 rings (SSSR count). The minimum atomic E-state index is -1.02. The third kappa shape index (κ3) is 3.19. The number of hydrogen-bond donors (Lipinski definition) is 1. The molecule has 6 heteroatoms. The van der Waals surface area contributed by atoms with Gasteiger partial charge in [-0.1, -0.05) is 0 Å². The molecule has 0 aliphatic carbocycles. The van der Waals surface area contributed by atoms with E-state index in [1.165, 1.54) is 6.07 Å². The monoisotopic (exact) mass is 281 g/mol. The van der Waals surface area contributed by atoms with E-state index in [1.807, 2.05) is 0 Å². The number of rotatable bonds is 4. The van der Waals surface area contributed by atoms with Crippen LogP contribution >= 0.6 is 0 Å². The minimum Gasteiger partial charge on any atom is -0.478 e. The highest BCUT2D eigenvalue weighted by Gasteiger charge is 2.25. The summed E-state index contributed by atoms with van der Waals surface area (Å²) in [6.45, 7) is 3.04. The Labute approximate surface area is 117 Å². The van der Waals surface area contributed by atoms with Gasteiger partial charge in [0.05, 0.1) is 19.1 Å². The molecule has 1 saturated heterocycles. The molecule has 0 radical (unpaired) electrons. The summed E-state index contributed by atoms with van der Waals surface area (Å²) in [6, 6.07) is 1.47. The summed E-state index contributed by atoms with van der Waals surface area (Å²) in [4.78, 5) is 24.7. The maximum absolute atomic E-state index is 12.2. The molecule has 1 amide bonds. The summed E-state index contributed by atoms with van der Waals surface area (Å²) in [5.74, 6) is -0.284. The number of furan rings is 1. The van der Waals surface area contributed by atoms with Crippen LogP contribution in [-0.4, -0.2) is 42.1 Å². The van der Waals surface area contributed by atoms with Crippen LogP contribution in [0, 0.1) is 12.8 Å². The second kappa shape index (κ2) is 6.09. The van der Waals surface area contributed by atoms with E-state index in [9.17, 15) is 9.59 Å². The number of amides is 1. The number of carboxylic acids is 1. The zero-order valence-electron chi connectivity index (χ0n) is 11.7. The van der Waals surface area contributed by atoms with Crippen LogP contribution in [0.1, 0.15) is 34.7 Å². The van der Waals surface area contributed by atoms with Crippen LogP contribution in [0.5, 0.6) is 0 Å². The lowest BCUT2D eigenvalue weighted by Crippen LogP contribution is -2.36. The van der Waals surface area contributed by atoms with Gasteiger partial charge >= 0.3 is 5.97 Å². The van der Waals surface area contributed by atoms with Crippen LogP contribution in [0.3, 0.4) is 0 Å². The molecule has 20 heavy (non-hydrogen) atoms. The number of aromatic carboxylic acids is 1. The molecule has 0 saturated carbocycles. The van der Waals surface area contributed by atoms with Gasteiger partial charge < -0.3 is 19.2 Å². The Balaban J connectivity index is 1.99. The van der Waals surface area contributed by atoms with E-state index in [0.717, 1.165) is 12.8 Å². The van der Waals surface area contributed by atoms with Crippen molar-refractivity contribution in [1.82, 2.24) is 4.90 Å². The minimum absolute atomic E-state index is 0.00984. The second-order valence-electron chi connectivity index (χ2n) is 5.10. The predicted octanol–water partition coefficient (Wildman–Crippen LogP) is 1.67. The largest absolute Gasteiger partial charge is 0.478 e. The second-order valence-corrected chi connectivity index (χ2v) is 5.10. The lowest BCUT2D eigenvalue weighted by molar-refractivity contribution is -0.139. The zero-order valence-corrected chi connectivity index (χ0v) is 11.7. The van der Waals surface area contributed by atoms with Gasteiger partial charge in [0.15, 0.2) is 0 Å². The number of aryl methyl sites for hydroxylation is 1. The number of carboxylic acid groups (broad SMARTS) is 1. The van der Waals surface area contributed by atoms with Crippen molar-refractivity contribution >= 4 is 11.9 Å². The Bertz CT molecular complexity index is 502. The van der Waals surface area contributed by atoms with Crippen LogP contribution in [0.4, 0.5) is 0 Å². The third-order valence-corrected chi connectivity index (χ3v) is 3.48. The molecule has 0 spiro atoms. The number of carbonyl (C=O) groups excluding carboxylic acids is 1. The van der Waals surface area contributed by atoms with Gasteiger partial charge in [0.25, 0.3) is 0 Å². The maximum Gasteiger partial charge on any atom is 0.339 e. The molecule has 2 heterocycles. The predicted molar refractivity (Wildman–Crippen MR) is 70.4 cm³/mol. The van der Waals surface area contributed by atoms with Crippen molar-refractivity contribution in [3.8, 4) is 0 Å². The quantitative estimate of drug-likeness (QED) is 0.908. The SMILES string of the molecule is Cc1oc(CN(C)C(=O)C2CCCOC2)cc1C(=O)O. The first-order valence-corrected chi connectivity index (χ1v) is 6.64. The van der Waals surface area contributed by atoms with E-state index in [0.29, 0.717) is 24.7 Å². The molecule has 1 aliphatic rings. The molecule has 0 aromatic carbocycles. The summed E-state index contributed by atoms with van der Waals surface area (Å²) in [5.41, 5.74) is 0.141. The molecule has 1 atom stereocenters. The van der Waals surface area contributed by atoms with Gasteiger partial charge in [-0.25, -0.2) is 4.79 Å². The Morgan fingerprint density at radius 1 is 1.50 bits per heavy atom. The molecule has 110 valence electrons. The third-order valence-electron chi connectivity index (χ3n) is 3.48. The first-order valence-electron chi connectivity index (χ1n) is 6.64. The van der Waals surface area contributed by atoms with Crippen molar-refractivity contribution in [2.75, 3.05) is 20.3 Å². The molecular formula is C14H19NO5. The summed E-state index contributed by atoms with van der Waals surface area (Å²) < 4.78 is 10.7. The van der Waals surface area contributed by atoms with Crippen molar-refractivity contribution in [3.63, 3.8) is 0 Å². The Morgan fingerprint density at radius 2 is 2.25 bits per heavy atom. The van der Waals surface area contributed by atoms with Gasteiger partial charge in [0, 0.05) is 13.7 Å². The van der Waals surface area contributed by atoms with Gasteiger partial charge in [-0.2, -0.15) is 0 Å². The molecule has 0 bridgehead atoms. The highest BCUT2D eigenvalue weighted by atomic mass is 16.5. The van der Waals surface area contributed by atoms with Crippen molar-refractivity contribution in [2.24, 2.45) is 5.92 Å². The van der Waals surface area contributed by atoms with E-state index in [-0.39, 0.29) is 23.9 Å². The van der Waals surface area contributed by atoms with E-state index < -0.39 is 5.97 Å². The number of nitrogens with zero attached hydrogens (tertiary/aromatic N) is 1. The van der Waals surface area contributed by atoms with Crippen LogP contribution in [0.25, 0.3) is 0 Å². The van der Waals surface area contributed by atoms with Gasteiger partial charge in [-0.15, -0.1) is 0 Å². The summed E-state index contributed by atoms with van der Waals surface area (Å²) >= 11 is 0. The molecule has 1 aromatic rings. The van der Waals surface area contributed by atoms with Crippen LogP contribution in [0.15, 0.2) is 10.5 Å². The average Bonchev–Trinajstić information content (AvgIpc) is 2.79. The zero-order chi connectivity index (χ0) is 14.7. The van der Waals surface area contributed by atoms with E-state index in [1.54, 1.807) is 18.9 Å². The highest BCUT2D eigenvalue weighted by molar-refractivity contribution is 5.88. The number of hydrogen-bond acceptors (Lipinski definition) is 4. The van der Waals surface area contributed by atoms with Gasteiger partial charge in [-0.05, 0) is 25.8 Å². The van der Waals surface area contributed by atoms with Gasteiger partial charge in [0.1, 0.15) is 17.1 Å². The molecule has 1 fully saturated rings. The van der Waals surface area contributed by atoms with Crippen molar-refractivity contribution < 1.29 is 23.8 Å². The maximum atomic E-state index is 12.2.